The van der Waals surface area contributed by atoms with Crippen LogP contribution in [0, 0.1) is 0 Å². The second-order valence-electron chi connectivity index (χ2n) is 5.20. The number of hydrogen-bond donors (Lipinski definition) is 1. The minimum absolute atomic E-state index is 0.00866. The molecular formula is C11H17N7S. The minimum atomic E-state index is -0.00866. The van der Waals surface area contributed by atoms with E-state index in [1.807, 2.05) is 0 Å². The Morgan fingerprint density at radius 2 is 2.16 bits per heavy atom. The molecule has 19 heavy (non-hydrogen) atoms. The highest BCUT2D eigenvalue weighted by Crippen LogP contribution is 2.32. The molecule has 0 amide bonds. The second kappa shape index (κ2) is 4.93. The van der Waals surface area contributed by atoms with E-state index in [4.69, 9.17) is 0 Å². The summed E-state index contributed by atoms with van der Waals surface area (Å²) < 4.78 is 0. The van der Waals surface area contributed by atoms with Gasteiger partial charge in [0.15, 0.2) is 5.82 Å². The summed E-state index contributed by atoms with van der Waals surface area (Å²) in [6.07, 6.45) is 2.00. The van der Waals surface area contributed by atoms with Crippen LogP contribution < -0.4 is 0 Å². The lowest BCUT2D eigenvalue weighted by molar-refractivity contribution is 0.304. The van der Waals surface area contributed by atoms with E-state index < -0.39 is 0 Å². The van der Waals surface area contributed by atoms with Crippen LogP contribution in [0.25, 0.3) is 0 Å². The van der Waals surface area contributed by atoms with Crippen molar-refractivity contribution >= 4 is 11.3 Å². The normalized spacial score (nSPS) is 24.1. The number of hydrogen-bond acceptors (Lipinski definition) is 7. The first-order chi connectivity index (χ1) is 9.19. The average Bonchev–Trinajstić information content (AvgIpc) is 3.11. The summed E-state index contributed by atoms with van der Waals surface area (Å²) in [6, 6.07) is 0. The minimum Gasteiger partial charge on any atom is -0.296 e. The zero-order valence-corrected chi connectivity index (χ0v) is 11.9. The zero-order chi connectivity index (χ0) is 13.3. The average molecular weight is 279 g/mol. The fraction of sp³-hybridized carbons (Fsp3) is 0.727. The van der Waals surface area contributed by atoms with Gasteiger partial charge in [-0.2, -0.15) is 5.21 Å². The fourth-order valence-electron chi connectivity index (χ4n) is 2.48. The summed E-state index contributed by atoms with van der Waals surface area (Å²) in [7, 11) is 0. The van der Waals surface area contributed by atoms with E-state index in [9.17, 15) is 0 Å². The van der Waals surface area contributed by atoms with E-state index in [-0.39, 0.29) is 5.41 Å². The number of aromatic amines is 1. The van der Waals surface area contributed by atoms with Crippen LogP contribution in [0.1, 0.15) is 36.1 Å². The summed E-state index contributed by atoms with van der Waals surface area (Å²) in [4.78, 5) is 2.39. The van der Waals surface area contributed by atoms with Gasteiger partial charge in [0, 0.05) is 12.0 Å². The number of H-pyrrole nitrogens is 1. The number of aromatic nitrogens is 6. The highest BCUT2D eigenvalue weighted by atomic mass is 32.1. The molecule has 1 atom stereocenters. The predicted octanol–water partition coefficient (Wildman–Crippen LogP) is 0.777. The Labute approximate surface area is 115 Å². The van der Waals surface area contributed by atoms with Gasteiger partial charge in [0.05, 0.1) is 6.54 Å². The van der Waals surface area contributed by atoms with Crippen molar-refractivity contribution in [1.29, 1.82) is 0 Å². The van der Waals surface area contributed by atoms with E-state index in [1.54, 1.807) is 11.3 Å². The molecule has 0 spiro atoms. The van der Waals surface area contributed by atoms with Crippen molar-refractivity contribution in [1.82, 2.24) is 35.7 Å². The monoisotopic (exact) mass is 279 g/mol. The molecule has 2 aromatic heterocycles. The maximum Gasteiger partial charge on any atom is 0.181 e. The number of likely N-dealkylation sites (tertiary alicyclic amines) is 1. The first kappa shape index (κ1) is 12.6. The van der Waals surface area contributed by atoms with Gasteiger partial charge in [0.25, 0.3) is 0 Å². The molecule has 102 valence electrons. The van der Waals surface area contributed by atoms with Crippen molar-refractivity contribution in [3.8, 4) is 0 Å². The van der Waals surface area contributed by atoms with Crippen LogP contribution in [0.15, 0.2) is 0 Å². The van der Waals surface area contributed by atoms with Crippen molar-refractivity contribution < 1.29 is 0 Å². The quantitative estimate of drug-likeness (QED) is 0.890. The molecule has 1 unspecified atom stereocenters. The molecule has 1 N–H and O–H groups in total. The number of aryl methyl sites for hydroxylation is 1. The first-order valence-corrected chi connectivity index (χ1v) is 7.29. The molecule has 0 bridgehead atoms. The fourth-order valence-corrected chi connectivity index (χ4v) is 3.30. The van der Waals surface area contributed by atoms with Gasteiger partial charge in [-0.1, -0.05) is 19.1 Å². The third-order valence-electron chi connectivity index (χ3n) is 3.61. The molecule has 1 saturated heterocycles. The molecule has 3 rings (SSSR count). The van der Waals surface area contributed by atoms with Crippen molar-refractivity contribution in [2.45, 2.75) is 38.6 Å². The molecule has 1 aliphatic heterocycles. The van der Waals surface area contributed by atoms with Crippen molar-refractivity contribution in [3.63, 3.8) is 0 Å². The lowest BCUT2D eigenvalue weighted by Crippen LogP contribution is -2.29. The van der Waals surface area contributed by atoms with Crippen LogP contribution >= 0.6 is 11.3 Å². The van der Waals surface area contributed by atoms with Gasteiger partial charge in [-0.05, 0) is 19.4 Å². The van der Waals surface area contributed by atoms with E-state index in [0.29, 0.717) is 0 Å². The van der Waals surface area contributed by atoms with Crippen molar-refractivity contribution in [2.24, 2.45) is 0 Å². The van der Waals surface area contributed by atoms with Gasteiger partial charge in [0.1, 0.15) is 10.0 Å². The number of rotatable bonds is 4. The Kier molecular flexibility index (Phi) is 3.28. The summed E-state index contributed by atoms with van der Waals surface area (Å²) >= 11 is 1.70. The van der Waals surface area contributed by atoms with Crippen molar-refractivity contribution in [3.05, 3.63) is 15.8 Å². The molecule has 0 radical (unpaired) electrons. The Hall–Kier alpha value is -1.41. The van der Waals surface area contributed by atoms with Crippen molar-refractivity contribution in [2.75, 3.05) is 13.1 Å². The standard InChI is InChI=1S/C11H17N7S/c1-3-8-12-13-9(19-8)6-18-5-4-11(2,7-18)10-14-16-17-15-10/h3-7H2,1-2H3,(H,14,15,16,17). The van der Waals surface area contributed by atoms with E-state index in [1.165, 1.54) is 0 Å². The Morgan fingerprint density at radius 3 is 2.84 bits per heavy atom. The number of tetrazole rings is 1. The predicted molar refractivity (Wildman–Crippen MR) is 70.7 cm³/mol. The summed E-state index contributed by atoms with van der Waals surface area (Å²) in [5.41, 5.74) is -0.00866. The summed E-state index contributed by atoms with van der Waals surface area (Å²) in [6.45, 7) is 7.13. The SMILES string of the molecule is CCc1nnc(CN2CCC(C)(c3nn[nH]n3)C2)s1. The molecule has 2 aromatic rings. The van der Waals surface area contributed by atoms with E-state index in [2.05, 4.69) is 49.6 Å². The molecule has 1 aliphatic rings. The lowest BCUT2D eigenvalue weighted by atomic mass is 9.89. The topological polar surface area (TPSA) is 83.5 Å². The Morgan fingerprint density at radius 1 is 1.32 bits per heavy atom. The molecular weight excluding hydrogens is 262 g/mol. The smallest absolute Gasteiger partial charge is 0.181 e. The van der Waals surface area contributed by atoms with Gasteiger partial charge < -0.3 is 0 Å². The van der Waals surface area contributed by atoms with Crippen LogP contribution in [0.3, 0.4) is 0 Å². The second-order valence-corrected chi connectivity index (χ2v) is 6.35. The Bertz CT molecular complexity index is 537. The molecule has 0 saturated carbocycles. The number of nitrogens with one attached hydrogen (secondary N) is 1. The molecule has 0 aromatic carbocycles. The largest absolute Gasteiger partial charge is 0.296 e. The van der Waals surface area contributed by atoms with Crippen LogP contribution in [0.2, 0.25) is 0 Å². The maximum absolute atomic E-state index is 4.24. The van der Waals surface area contributed by atoms with Gasteiger partial charge in [-0.3, -0.25) is 4.90 Å². The molecule has 1 fully saturated rings. The third kappa shape index (κ3) is 2.50. The van der Waals surface area contributed by atoms with E-state index >= 15 is 0 Å². The number of nitrogens with zero attached hydrogens (tertiary/aromatic N) is 6. The van der Waals surface area contributed by atoms with Gasteiger partial charge in [-0.15, -0.1) is 31.7 Å². The molecule has 3 heterocycles. The first-order valence-electron chi connectivity index (χ1n) is 6.47. The van der Waals surface area contributed by atoms with E-state index in [0.717, 1.165) is 48.3 Å². The molecule has 7 nitrogen and oxygen atoms in total. The zero-order valence-electron chi connectivity index (χ0n) is 11.1. The van der Waals surface area contributed by atoms with Gasteiger partial charge >= 0.3 is 0 Å². The van der Waals surface area contributed by atoms with Crippen LogP contribution in [0.5, 0.6) is 0 Å². The lowest BCUT2D eigenvalue weighted by Gasteiger charge is -2.20. The third-order valence-corrected chi connectivity index (χ3v) is 4.66. The van der Waals surface area contributed by atoms with Gasteiger partial charge in [0.2, 0.25) is 0 Å². The molecule has 8 heteroatoms. The van der Waals surface area contributed by atoms with Crippen LogP contribution in [-0.4, -0.2) is 48.8 Å². The summed E-state index contributed by atoms with van der Waals surface area (Å²) in [5, 5.41) is 25.1. The maximum atomic E-state index is 4.24. The highest BCUT2D eigenvalue weighted by molar-refractivity contribution is 7.11. The molecule has 0 aliphatic carbocycles. The van der Waals surface area contributed by atoms with Crippen LogP contribution in [0.4, 0.5) is 0 Å². The van der Waals surface area contributed by atoms with Crippen LogP contribution in [-0.2, 0) is 18.4 Å². The highest BCUT2D eigenvalue weighted by Gasteiger charge is 2.38. The summed E-state index contributed by atoms with van der Waals surface area (Å²) in [5.74, 6) is 0.807. The van der Waals surface area contributed by atoms with Gasteiger partial charge in [-0.25, -0.2) is 0 Å². The Balaban J connectivity index is 1.66.